The van der Waals surface area contributed by atoms with Gasteiger partial charge in [0, 0.05) is 13.1 Å². The summed E-state index contributed by atoms with van der Waals surface area (Å²) in [6, 6.07) is 6.14. The number of nitrogens with zero attached hydrogens (tertiary/aromatic N) is 1. The molecule has 0 radical (unpaired) electrons. The predicted octanol–water partition coefficient (Wildman–Crippen LogP) is 2.59. The second kappa shape index (κ2) is 5.51. The molecule has 2 unspecified atom stereocenters. The lowest BCUT2D eigenvalue weighted by atomic mass is 9.86. The maximum atomic E-state index is 12.6. The number of para-hydroxylation sites is 1. The van der Waals surface area contributed by atoms with Crippen LogP contribution in [0.25, 0.3) is 0 Å². The van der Waals surface area contributed by atoms with E-state index in [2.05, 4.69) is 6.92 Å². The molecule has 1 N–H and O–H groups in total. The Morgan fingerprint density at radius 3 is 2.47 bits per heavy atom. The minimum absolute atomic E-state index is 0.00438. The van der Waals surface area contributed by atoms with Gasteiger partial charge < -0.3 is 5.11 Å². The molecule has 0 amide bonds. The van der Waals surface area contributed by atoms with Crippen LogP contribution in [0.15, 0.2) is 29.2 Å². The number of benzene rings is 1. The molecule has 2 rings (SSSR count). The van der Waals surface area contributed by atoms with Crippen molar-refractivity contribution in [1.29, 1.82) is 0 Å². The Balaban J connectivity index is 2.31. The van der Waals surface area contributed by atoms with E-state index < -0.39 is 10.0 Å². The Kier molecular flexibility index (Phi) is 4.16. The molecule has 1 aliphatic rings. The molecule has 4 nitrogen and oxygen atoms in total. The summed E-state index contributed by atoms with van der Waals surface area (Å²) in [6.45, 7) is 2.10. The fourth-order valence-electron chi connectivity index (χ4n) is 2.85. The molecule has 1 aromatic rings. The van der Waals surface area contributed by atoms with E-state index in [0.717, 1.165) is 19.3 Å². The van der Waals surface area contributed by atoms with Crippen molar-refractivity contribution in [1.82, 2.24) is 4.31 Å². The van der Waals surface area contributed by atoms with Gasteiger partial charge in [-0.2, -0.15) is 4.31 Å². The van der Waals surface area contributed by atoms with E-state index >= 15 is 0 Å². The summed E-state index contributed by atoms with van der Waals surface area (Å²) < 4.78 is 26.6. The van der Waals surface area contributed by atoms with E-state index in [4.69, 9.17) is 0 Å². The van der Waals surface area contributed by atoms with Gasteiger partial charge in [0.1, 0.15) is 10.6 Å². The maximum Gasteiger partial charge on any atom is 0.246 e. The number of hydrogen-bond acceptors (Lipinski definition) is 3. The SMILES string of the molecule is CC1CCCCC1N(C)S(=O)(=O)c1ccccc1O. The highest BCUT2D eigenvalue weighted by Gasteiger charge is 2.34. The third-order valence-electron chi connectivity index (χ3n) is 4.06. The van der Waals surface area contributed by atoms with Gasteiger partial charge in [-0.15, -0.1) is 0 Å². The lowest BCUT2D eigenvalue weighted by Gasteiger charge is -2.35. The summed E-state index contributed by atoms with van der Waals surface area (Å²) in [6.07, 6.45) is 4.19. The highest BCUT2D eigenvalue weighted by atomic mass is 32.2. The van der Waals surface area contributed by atoms with E-state index in [1.165, 1.54) is 22.9 Å². The molecule has 5 heteroatoms. The number of phenols is 1. The lowest BCUT2D eigenvalue weighted by Crippen LogP contribution is -2.42. The third kappa shape index (κ3) is 2.77. The van der Waals surface area contributed by atoms with Crippen molar-refractivity contribution >= 4 is 10.0 Å². The van der Waals surface area contributed by atoms with Crippen LogP contribution in [-0.2, 0) is 10.0 Å². The molecular formula is C14H21NO3S. The van der Waals surface area contributed by atoms with Crippen LogP contribution in [-0.4, -0.2) is 30.9 Å². The summed E-state index contributed by atoms with van der Waals surface area (Å²) >= 11 is 0. The second-order valence-electron chi connectivity index (χ2n) is 5.32. The number of sulfonamides is 1. The first kappa shape index (κ1) is 14.3. The Morgan fingerprint density at radius 1 is 1.21 bits per heavy atom. The first-order chi connectivity index (χ1) is 8.94. The van der Waals surface area contributed by atoms with E-state index in [-0.39, 0.29) is 16.7 Å². The normalized spacial score (nSPS) is 24.6. The Hall–Kier alpha value is -1.07. The number of hydrogen-bond donors (Lipinski definition) is 1. The monoisotopic (exact) mass is 283 g/mol. The van der Waals surface area contributed by atoms with Crippen LogP contribution in [0.2, 0.25) is 0 Å². The predicted molar refractivity (Wildman–Crippen MR) is 74.5 cm³/mol. The number of phenolic OH excluding ortho intramolecular Hbond substituents is 1. The number of rotatable bonds is 3. The first-order valence-corrected chi connectivity index (χ1v) is 8.14. The van der Waals surface area contributed by atoms with Crippen molar-refractivity contribution in [3.63, 3.8) is 0 Å². The van der Waals surface area contributed by atoms with Gasteiger partial charge in [0.25, 0.3) is 0 Å². The molecule has 0 spiro atoms. The van der Waals surface area contributed by atoms with Crippen LogP contribution in [0.3, 0.4) is 0 Å². The van der Waals surface area contributed by atoms with Gasteiger partial charge in [0.15, 0.2) is 0 Å². The second-order valence-corrected chi connectivity index (χ2v) is 7.28. The number of aromatic hydroxyl groups is 1. The van der Waals surface area contributed by atoms with Gasteiger partial charge in [0.2, 0.25) is 10.0 Å². The summed E-state index contributed by atoms with van der Waals surface area (Å²) in [5, 5.41) is 9.75. The van der Waals surface area contributed by atoms with Crippen molar-refractivity contribution in [2.24, 2.45) is 5.92 Å². The van der Waals surface area contributed by atoms with Crippen LogP contribution in [0.1, 0.15) is 32.6 Å². The largest absolute Gasteiger partial charge is 0.507 e. The van der Waals surface area contributed by atoms with E-state index in [1.807, 2.05) is 0 Å². The molecule has 0 saturated heterocycles. The maximum absolute atomic E-state index is 12.6. The minimum Gasteiger partial charge on any atom is -0.507 e. The molecule has 106 valence electrons. The smallest absolute Gasteiger partial charge is 0.246 e. The standard InChI is InChI=1S/C14H21NO3S/c1-11-7-3-4-8-12(11)15(2)19(17,18)14-10-6-5-9-13(14)16/h5-6,9-12,16H,3-4,7-8H2,1-2H3. The molecule has 1 saturated carbocycles. The molecule has 0 bridgehead atoms. The Bertz CT molecular complexity index is 541. The minimum atomic E-state index is -3.62. The highest BCUT2D eigenvalue weighted by Crippen LogP contribution is 2.32. The topological polar surface area (TPSA) is 57.6 Å². The lowest BCUT2D eigenvalue weighted by molar-refractivity contribution is 0.213. The van der Waals surface area contributed by atoms with Gasteiger partial charge in [-0.1, -0.05) is 31.9 Å². The van der Waals surface area contributed by atoms with E-state index in [0.29, 0.717) is 5.92 Å². The van der Waals surface area contributed by atoms with Crippen LogP contribution < -0.4 is 0 Å². The molecule has 0 aliphatic heterocycles. The quantitative estimate of drug-likeness (QED) is 0.927. The molecule has 0 heterocycles. The highest BCUT2D eigenvalue weighted by molar-refractivity contribution is 7.89. The average molecular weight is 283 g/mol. The molecule has 1 aliphatic carbocycles. The van der Waals surface area contributed by atoms with Crippen LogP contribution in [0.5, 0.6) is 5.75 Å². The molecule has 0 aromatic heterocycles. The van der Waals surface area contributed by atoms with E-state index in [9.17, 15) is 13.5 Å². The zero-order valence-electron chi connectivity index (χ0n) is 11.4. The zero-order valence-corrected chi connectivity index (χ0v) is 12.2. The molecular weight excluding hydrogens is 262 g/mol. The summed E-state index contributed by atoms with van der Waals surface area (Å²) in [4.78, 5) is -0.00438. The average Bonchev–Trinajstić information content (AvgIpc) is 2.39. The summed E-state index contributed by atoms with van der Waals surface area (Å²) in [5.41, 5.74) is 0. The fraction of sp³-hybridized carbons (Fsp3) is 0.571. The summed E-state index contributed by atoms with van der Waals surface area (Å²) in [7, 11) is -2.00. The Morgan fingerprint density at radius 2 is 1.84 bits per heavy atom. The van der Waals surface area contributed by atoms with Gasteiger partial charge in [-0.05, 0) is 30.9 Å². The molecule has 1 aromatic carbocycles. The van der Waals surface area contributed by atoms with Crippen molar-refractivity contribution in [3.05, 3.63) is 24.3 Å². The van der Waals surface area contributed by atoms with Crippen molar-refractivity contribution < 1.29 is 13.5 Å². The van der Waals surface area contributed by atoms with Gasteiger partial charge in [0.05, 0.1) is 0 Å². The van der Waals surface area contributed by atoms with Gasteiger partial charge >= 0.3 is 0 Å². The van der Waals surface area contributed by atoms with Gasteiger partial charge in [-0.3, -0.25) is 0 Å². The van der Waals surface area contributed by atoms with Crippen LogP contribution in [0, 0.1) is 5.92 Å². The van der Waals surface area contributed by atoms with Crippen molar-refractivity contribution in [2.45, 2.75) is 43.5 Å². The third-order valence-corrected chi connectivity index (χ3v) is 5.99. The van der Waals surface area contributed by atoms with Crippen molar-refractivity contribution in [2.75, 3.05) is 7.05 Å². The molecule has 19 heavy (non-hydrogen) atoms. The molecule has 2 atom stereocenters. The van der Waals surface area contributed by atoms with E-state index in [1.54, 1.807) is 19.2 Å². The van der Waals surface area contributed by atoms with Crippen molar-refractivity contribution in [3.8, 4) is 5.75 Å². The van der Waals surface area contributed by atoms with Gasteiger partial charge in [-0.25, -0.2) is 8.42 Å². The molecule has 1 fully saturated rings. The first-order valence-electron chi connectivity index (χ1n) is 6.70. The van der Waals surface area contributed by atoms with Crippen LogP contribution >= 0.6 is 0 Å². The zero-order chi connectivity index (χ0) is 14.0. The fourth-order valence-corrected chi connectivity index (χ4v) is 4.41. The summed E-state index contributed by atoms with van der Waals surface area (Å²) in [5.74, 6) is 0.178. The van der Waals surface area contributed by atoms with Crippen LogP contribution in [0.4, 0.5) is 0 Å². The Labute approximate surface area is 115 Å².